The van der Waals surface area contributed by atoms with Crippen LogP contribution in [0.4, 0.5) is 5.69 Å². The second-order valence-corrected chi connectivity index (χ2v) is 8.49. The van der Waals surface area contributed by atoms with Gasteiger partial charge < -0.3 is 11.1 Å². The van der Waals surface area contributed by atoms with Crippen LogP contribution in [0, 0.1) is 5.92 Å². The molecule has 2 rings (SSSR count). The second kappa shape index (κ2) is 9.64. The topological polar surface area (TPSA) is 101 Å². The van der Waals surface area contributed by atoms with Gasteiger partial charge in [-0.2, -0.15) is 0 Å². The Kier molecular flexibility index (Phi) is 7.53. The van der Waals surface area contributed by atoms with E-state index in [1.54, 1.807) is 12.1 Å². The molecule has 0 aliphatic rings. The van der Waals surface area contributed by atoms with Crippen LogP contribution >= 0.6 is 0 Å². The number of hydrogen-bond donors (Lipinski definition) is 3. The third-order valence-corrected chi connectivity index (χ3v) is 5.76. The predicted octanol–water partition coefficient (Wildman–Crippen LogP) is 2.69. The molecule has 0 radical (unpaired) electrons. The molecule has 0 heterocycles. The van der Waals surface area contributed by atoms with Gasteiger partial charge in [0.25, 0.3) is 0 Å². The van der Waals surface area contributed by atoms with E-state index in [9.17, 15) is 13.2 Å². The molecular formula is C20H27N3O3S. The molecule has 0 aromatic heterocycles. The van der Waals surface area contributed by atoms with Crippen molar-refractivity contribution in [2.45, 2.75) is 31.1 Å². The summed E-state index contributed by atoms with van der Waals surface area (Å²) in [6.07, 6.45) is 0.323. The monoisotopic (exact) mass is 389 g/mol. The zero-order valence-electron chi connectivity index (χ0n) is 15.7. The Balaban J connectivity index is 2.10. The van der Waals surface area contributed by atoms with Crippen LogP contribution in [0.5, 0.6) is 0 Å². The zero-order valence-corrected chi connectivity index (χ0v) is 16.5. The molecule has 0 fully saturated rings. The van der Waals surface area contributed by atoms with Crippen molar-refractivity contribution in [2.75, 3.05) is 18.4 Å². The van der Waals surface area contributed by atoms with Crippen LogP contribution < -0.4 is 15.8 Å². The Morgan fingerprint density at radius 1 is 1.07 bits per heavy atom. The van der Waals surface area contributed by atoms with Gasteiger partial charge in [0, 0.05) is 25.2 Å². The number of carbonyl (C=O) groups is 1. The molecule has 2 aromatic carbocycles. The van der Waals surface area contributed by atoms with E-state index in [4.69, 9.17) is 5.73 Å². The molecule has 7 heteroatoms. The summed E-state index contributed by atoms with van der Waals surface area (Å²) >= 11 is 0. The van der Waals surface area contributed by atoms with Gasteiger partial charge in [0.05, 0.1) is 4.90 Å². The Labute approximate surface area is 161 Å². The lowest BCUT2D eigenvalue weighted by atomic mass is 9.85. The zero-order chi connectivity index (χ0) is 19.9. The Morgan fingerprint density at radius 2 is 1.78 bits per heavy atom. The van der Waals surface area contributed by atoms with E-state index in [0.717, 1.165) is 5.56 Å². The molecule has 0 saturated heterocycles. The number of rotatable bonds is 9. The van der Waals surface area contributed by atoms with Crippen molar-refractivity contribution in [2.24, 2.45) is 11.7 Å². The fraction of sp³-hybridized carbons (Fsp3) is 0.350. The highest BCUT2D eigenvalue weighted by Gasteiger charge is 2.20. The van der Waals surface area contributed by atoms with Crippen molar-refractivity contribution >= 4 is 21.6 Å². The molecule has 0 bridgehead atoms. The van der Waals surface area contributed by atoms with Gasteiger partial charge in [-0.25, -0.2) is 13.1 Å². The van der Waals surface area contributed by atoms with Crippen LogP contribution in [0.2, 0.25) is 0 Å². The van der Waals surface area contributed by atoms with E-state index >= 15 is 0 Å². The van der Waals surface area contributed by atoms with Crippen LogP contribution in [-0.4, -0.2) is 27.4 Å². The molecule has 2 aromatic rings. The highest BCUT2D eigenvalue weighted by molar-refractivity contribution is 7.89. The summed E-state index contributed by atoms with van der Waals surface area (Å²) in [7, 11) is -3.64. The molecule has 6 nitrogen and oxygen atoms in total. The van der Waals surface area contributed by atoms with Gasteiger partial charge in [-0.1, -0.05) is 50.2 Å². The predicted molar refractivity (Wildman–Crippen MR) is 108 cm³/mol. The number of benzene rings is 2. The SMILES string of the molecule is CC(C)C(CC(=O)Nc1cccc(S(=O)(=O)NCCN)c1)c1ccccc1. The fourth-order valence-corrected chi connectivity index (χ4v) is 3.96. The summed E-state index contributed by atoms with van der Waals surface area (Å²) in [5, 5.41) is 2.81. The van der Waals surface area contributed by atoms with Crippen LogP contribution in [0.1, 0.15) is 31.7 Å². The molecule has 1 atom stereocenters. The standard InChI is InChI=1S/C20H27N3O3S/c1-15(2)19(16-7-4-3-5-8-16)14-20(24)23-17-9-6-10-18(13-17)27(25,26)22-12-11-21/h3-10,13,15,19,22H,11-12,14,21H2,1-2H3,(H,23,24). The van der Waals surface area contributed by atoms with Gasteiger partial charge in [-0.05, 0) is 35.6 Å². The van der Waals surface area contributed by atoms with E-state index in [1.165, 1.54) is 12.1 Å². The third-order valence-electron chi connectivity index (χ3n) is 4.30. The summed E-state index contributed by atoms with van der Waals surface area (Å²) in [5.41, 5.74) is 6.91. The molecule has 0 spiro atoms. The second-order valence-electron chi connectivity index (χ2n) is 6.73. The van der Waals surface area contributed by atoms with E-state index in [-0.39, 0.29) is 29.8 Å². The highest BCUT2D eigenvalue weighted by Crippen LogP contribution is 2.28. The van der Waals surface area contributed by atoms with Crippen LogP contribution in [0.15, 0.2) is 59.5 Å². The fourth-order valence-electron chi connectivity index (χ4n) is 2.87. The molecule has 1 amide bonds. The maximum absolute atomic E-state index is 12.5. The van der Waals surface area contributed by atoms with Crippen LogP contribution in [0.25, 0.3) is 0 Å². The van der Waals surface area contributed by atoms with Gasteiger partial charge in [0.1, 0.15) is 0 Å². The summed E-state index contributed by atoms with van der Waals surface area (Å²) < 4.78 is 26.8. The van der Waals surface area contributed by atoms with Gasteiger partial charge >= 0.3 is 0 Å². The molecule has 0 saturated carbocycles. The minimum atomic E-state index is -3.64. The van der Waals surface area contributed by atoms with Crippen molar-refractivity contribution in [3.05, 3.63) is 60.2 Å². The minimum absolute atomic E-state index is 0.0873. The quantitative estimate of drug-likeness (QED) is 0.614. The molecule has 4 N–H and O–H groups in total. The van der Waals surface area contributed by atoms with Crippen molar-refractivity contribution in [3.8, 4) is 0 Å². The number of hydrogen-bond acceptors (Lipinski definition) is 4. The van der Waals surface area contributed by atoms with Crippen LogP contribution in [-0.2, 0) is 14.8 Å². The largest absolute Gasteiger partial charge is 0.329 e. The van der Waals surface area contributed by atoms with Crippen LogP contribution in [0.3, 0.4) is 0 Å². The van der Waals surface area contributed by atoms with Gasteiger partial charge in [-0.15, -0.1) is 0 Å². The summed E-state index contributed by atoms with van der Waals surface area (Å²) in [5.74, 6) is 0.233. The van der Waals surface area contributed by atoms with Gasteiger partial charge in [0.15, 0.2) is 0 Å². The first-order chi connectivity index (χ1) is 12.8. The molecule has 0 aliphatic heterocycles. The molecule has 0 aliphatic carbocycles. The Bertz CT molecular complexity index is 852. The maximum atomic E-state index is 12.5. The smallest absolute Gasteiger partial charge is 0.240 e. The maximum Gasteiger partial charge on any atom is 0.240 e. The highest BCUT2D eigenvalue weighted by atomic mass is 32.2. The molecule has 27 heavy (non-hydrogen) atoms. The van der Waals surface area contributed by atoms with E-state index in [0.29, 0.717) is 18.0 Å². The number of nitrogens with one attached hydrogen (secondary N) is 2. The Morgan fingerprint density at radius 3 is 2.41 bits per heavy atom. The number of nitrogens with two attached hydrogens (primary N) is 1. The first kappa shape index (κ1) is 21.1. The Hall–Kier alpha value is -2.22. The lowest BCUT2D eigenvalue weighted by Crippen LogP contribution is -2.29. The van der Waals surface area contributed by atoms with Crippen molar-refractivity contribution in [1.82, 2.24) is 4.72 Å². The van der Waals surface area contributed by atoms with Crippen molar-refractivity contribution in [3.63, 3.8) is 0 Å². The molecule has 146 valence electrons. The van der Waals surface area contributed by atoms with E-state index < -0.39 is 10.0 Å². The van der Waals surface area contributed by atoms with E-state index in [2.05, 4.69) is 23.9 Å². The van der Waals surface area contributed by atoms with Gasteiger partial charge in [0.2, 0.25) is 15.9 Å². The van der Waals surface area contributed by atoms with Gasteiger partial charge in [-0.3, -0.25) is 4.79 Å². The lowest BCUT2D eigenvalue weighted by molar-refractivity contribution is -0.116. The number of anilines is 1. The summed E-state index contributed by atoms with van der Waals surface area (Å²) in [6.45, 7) is 4.54. The first-order valence-electron chi connectivity index (χ1n) is 8.98. The minimum Gasteiger partial charge on any atom is -0.329 e. The summed E-state index contributed by atoms with van der Waals surface area (Å²) in [6, 6.07) is 16.1. The number of amides is 1. The number of carbonyl (C=O) groups excluding carboxylic acids is 1. The van der Waals surface area contributed by atoms with Crippen molar-refractivity contribution in [1.29, 1.82) is 0 Å². The normalized spacial score (nSPS) is 12.7. The average molecular weight is 390 g/mol. The first-order valence-corrected chi connectivity index (χ1v) is 10.5. The molecule has 1 unspecified atom stereocenters. The average Bonchev–Trinajstić information content (AvgIpc) is 2.65. The van der Waals surface area contributed by atoms with E-state index in [1.807, 2.05) is 30.3 Å². The number of sulfonamides is 1. The third kappa shape index (κ3) is 6.16. The molecular weight excluding hydrogens is 362 g/mol. The lowest BCUT2D eigenvalue weighted by Gasteiger charge is -2.21. The summed E-state index contributed by atoms with van der Waals surface area (Å²) in [4.78, 5) is 12.6. The van der Waals surface area contributed by atoms with Crippen molar-refractivity contribution < 1.29 is 13.2 Å².